The molecule has 0 saturated carbocycles. The molecule has 6 aromatic carbocycles. The molecule has 8 aromatic rings. The molecule has 0 radical (unpaired) electrons. The SMILES string of the molecule is CC1(C)CCN2CCC(C)(C)c3c2c1cc1cc(-c2cccc4c(-c5cccc6c(-c7cc8cc9c%10c(c8oc7=O)C(C)(C)CCN%10CCC9(C)C)cccc56)cccc24)c(=O)oc31. The molecule has 64 heavy (non-hydrogen) atoms. The van der Waals surface area contributed by atoms with Crippen LogP contribution in [0.5, 0.6) is 0 Å². The monoisotopic (exact) mass is 844 g/mol. The van der Waals surface area contributed by atoms with Gasteiger partial charge in [0.05, 0.1) is 11.1 Å². The zero-order chi connectivity index (χ0) is 44.2. The van der Waals surface area contributed by atoms with E-state index in [-0.39, 0.29) is 32.9 Å². The minimum Gasteiger partial charge on any atom is -0.422 e. The van der Waals surface area contributed by atoms with Crippen LogP contribution in [0.1, 0.15) is 103 Å². The van der Waals surface area contributed by atoms with Gasteiger partial charge in [0.1, 0.15) is 11.2 Å². The van der Waals surface area contributed by atoms with E-state index in [1.807, 2.05) is 12.1 Å². The van der Waals surface area contributed by atoms with Crippen molar-refractivity contribution in [1.82, 2.24) is 0 Å². The summed E-state index contributed by atoms with van der Waals surface area (Å²) in [7, 11) is 0. The maximum absolute atomic E-state index is 14.3. The molecule has 322 valence electrons. The lowest BCUT2D eigenvalue weighted by Gasteiger charge is -2.48. The van der Waals surface area contributed by atoms with Gasteiger partial charge < -0.3 is 18.6 Å². The Morgan fingerprint density at radius 1 is 0.406 bits per heavy atom. The van der Waals surface area contributed by atoms with Gasteiger partial charge in [0.2, 0.25) is 0 Å². The van der Waals surface area contributed by atoms with E-state index in [4.69, 9.17) is 8.83 Å². The molecular weight excluding hydrogens is 789 g/mol. The van der Waals surface area contributed by atoms with Gasteiger partial charge in [-0.15, -0.1) is 0 Å². The third-order valence-electron chi connectivity index (χ3n) is 16.2. The Kier molecular flexibility index (Phi) is 8.15. The summed E-state index contributed by atoms with van der Waals surface area (Å²) >= 11 is 0. The largest absolute Gasteiger partial charge is 0.422 e. The fourth-order valence-corrected chi connectivity index (χ4v) is 12.2. The number of rotatable bonds is 3. The van der Waals surface area contributed by atoms with Crippen molar-refractivity contribution in [2.24, 2.45) is 0 Å². The fraction of sp³-hybridized carbons (Fsp3) is 0.345. The second kappa shape index (κ2) is 13.2. The molecule has 4 aliphatic rings. The van der Waals surface area contributed by atoms with Gasteiger partial charge in [-0.3, -0.25) is 0 Å². The van der Waals surface area contributed by atoms with Crippen molar-refractivity contribution < 1.29 is 8.83 Å². The second-order valence-corrected chi connectivity index (χ2v) is 21.9. The summed E-state index contributed by atoms with van der Waals surface area (Å²) < 4.78 is 13.0. The molecule has 2 aromatic heterocycles. The molecule has 0 fully saturated rings. The van der Waals surface area contributed by atoms with E-state index in [0.717, 1.165) is 118 Å². The maximum atomic E-state index is 14.3. The predicted molar refractivity (Wildman–Crippen MR) is 265 cm³/mol. The quantitative estimate of drug-likeness (QED) is 0.165. The Balaban J connectivity index is 1.01. The third kappa shape index (κ3) is 5.56. The number of nitrogens with zero attached hydrogens (tertiary/aromatic N) is 2. The summed E-state index contributed by atoms with van der Waals surface area (Å²) in [4.78, 5) is 33.7. The van der Waals surface area contributed by atoms with Gasteiger partial charge in [0, 0.05) is 59.5 Å². The van der Waals surface area contributed by atoms with E-state index in [2.05, 4.69) is 150 Å². The van der Waals surface area contributed by atoms with Gasteiger partial charge in [-0.1, -0.05) is 128 Å². The lowest BCUT2D eigenvalue weighted by atomic mass is 9.69. The van der Waals surface area contributed by atoms with Crippen molar-refractivity contribution >= 4 is 54.9 Å². The molecule has 12 rings (SSSR count). The first-order chi connectivity index (χ1) is 30.5. The molecule has 0 amide bonds. The second-order valence-electron chi connectivity index (χ2n) is 21.9. The van der Waals surface area contributed by atoms with Gasteiger partial charge in [0.25, 0.3) is 0 Å². The van der Waals surface area contributed by atoms with Crippen LogP contribution in [0.4, 0.5) is 11.4 Å². The Morgan fingerprint density at radius 3 is 1.06 bits per heavy atom. The fourth-order valence-electron chi connectivity index (χ4n) is 12.2. The minimum absolute atomic E-state index is 0.00936. The highest BCUT2D eigenvalue weighted by atomic mass is 16.4. The molecule has 0 aliphatic carbocycles. The summed E-state index contributed by atoms with van der Waals surface area (Å²) in [6, 6.07) is 34.0. The Morgan fingerprint density at radius 2 is 0.719 bits per heavy atom. The molecular formula is C58H56N2O4. The number of hydrogen-bond acceptors (Lipinski definition) is 6. The van der Waals surface area contributed by atoms with Crippen LogP contribution in [0.25, 0.3) is 76.9 Å². The van der Waals surface area contributed by atoms with E-state index in [0.29, 0.717) is 11.1 Å². The zero-order valence-corrected chi connectivity index (χ0v) is 38.4. The summed E-state index contributed by atoms with van der Waals surface area (Å²) in [6.45, 7) is 22.7. The van der Waals surface area contributed by atoms with E-state index in [1.165, 1.54) is 33.6 Å². The summed E-state index contributed by atoms with van der Waals surface area (Å²) in [5, 5.41) is 6.01. The highest BCUT2D eigenvalue weighted by Gasteiger charge is 2.44. The van der Waals surface area contributed by atoms with Gasteiger partial charge in [0.15, 0.2) is 0 Å². The van der Waals surface area contributed by atoms with Crippen LogP contribution in [-0.2, 0) is 21.7 Å². The molecule has 6 nitrogen and oxygen atoms in total. The first-order valence-electron chi connectivity index (χ1n) is 23.4. The van der Waals surface area contributed by atoms with E-state index in [9.17, 15) is 9.59 Å². The van der Waals surface area contributed by atoms with Crippen LogP contribution >= 0.6 is 0 Å². The molecule has 6 heterocycles. The lowest BCUT2D eigenvalue weighted by Crippen LogP contribution is -2.44. The Hall–Kier alpha value is -6.14. The minimum atomic E-state index is -0.317. The summed E-state index contributed by atoms with van der Waals surface area (Å²) in [5.74, 6) is 0. The topological polar surface area (TPSA) is 66.9 Å². The van der Waals surface area contributed by atoms with Crippen LogP contribution in [0.2, 0.25) is 0 Å². The third-order valence-corrected chi connectivity index (χ3v) is 16.2. The average Bonchev–Trinajstić information content (AvgIpc) is 3.26. The highest BCUT2D eigenvalue weighted by Crippen LogP contribution is 2.54. The standard InChI is InChI=1S/C58H56N2O4/c1-55(2)21-25-59-27-23-57(5,6)47-49(59)45(55)31-33-29-43(53(61)63-51(33)47)41-19-11-15-37-35(13-9-17-39(37)41)36-14-10-18-40-38(36)16-12-20-42(40)44-30-34-32-46-50-48(52(34)64-54(44)62)58(7,8)24-28-60(50)26-22-56(46,3)4/h9-20,29-32H,21-28H2,1-8H3. The Bertz CT molecular complexity index is 3240. The average molecular weight is 845 g/mol. The van der Waals surface area contributed by atoms with E-state index in [1.54, 1.807) is 0 Å². The molecule has 0 atom stereocenters. The van der Waals surface area contributed by atoms with Gasteiger partial charge in [-0.05, 0) is 127 Å². The van der Waals surface area contributed by atoms with Crippen molar-refractivity contribution in [1.29, 1.82) is 0 Å². The van der Waals surface area contributed by atoms with Gasteiger partial charge in [-0.25, -0.2) is 9.59 Å². The smallest absolute Gasteiger partial charge is 0.344 e. The van der Waals surface area contributed by atoms with E-state index >= 15 is 0 Å². The van der Waals surface area contributed by atoms with Crippen LogP contribution in [-0.4, -0.2) is 26.2 Å². The summed E-state index contributed by atoms with van der Waals surface area (Å²) in [6.07, 6.45) is 4.20. The van der Waals surface area contributed by atoms with Crippen molar-refractivity contribution in [3.8, 4) is 33.4 Å². The molecule has 4 aliphatic heterocycles. The van der Waals surface area contributed by atoms with Gasteiger partial charge in [-0.2, -0.15) is 0 Å². The first-order valence-corrected chi connectivity index (χ1v) is 23.4. The predicted octanol–water partition coefficient (Wildman–Crippen LogP) is 13.5. The molecule has 0 saturated heterocycles. The van der Waals surface area contributed by atoms with Crippen molar-refractivity contribution in [2.45, 2.75) is 103 Å². The first kappa shape index (κ1) is 39.5. The van der Waals surface area contributed by atoms with Crippen molar-refractivity contribution in [2.75, 3.05) is 36.0 Å². The Labute approximate surface area is 374 Å². The molecule has 0 spiro atoms. The van der Waals surface area contributed by atoms with E-state index < -0.39 is 0 Å². The summed E-state index contributed by atoms with van der Waals surface area (Å²) in [5.41, 5.74) is 13.1. The van der Waals surface area contributed by atoms with Crippen molar-refractivity contribution in [3.05, 3.63) is 140 Å². The number of anilines is 2. The normalized spacial score (nSPS) is 19.0. The number of benzene rings is 6. The van der Waals surface area contributed by atoms with Crippen LogP contribution < -0.4 is 21.1 Å². The van der Waals surface area contributed by atoms with Crippen LogP contribution in [0.15, 0.2) is 115 Å². The zero-order valence-electron chi connectivity index (χ0n) is 38.4. The molecule has 0 N–H and O–H groups in total. The molecule has 6 heteroatoms. The maximum Gasteiger partial charge on any atom is 0.344 e. The number of hydrogen-bond donors (Lipinski definition) is 0. The number of fused-ring (bicyclic) bond motifs is 6. The van der Waals surface area contributed by atoms with Gasteiger partial charge >= 0.3 is 11.3 Å². The highest BCUT2D eigenvalue weighted by molar-refractivity contribution is 6.12. The molecule has 0 unspecified atom stereocenters. The van der Waals surface area contributed by atoms with Crippen molar-refractivity contribution in [3.63, 3.8) is 0 Å². The lowest BCUT2D eigenvalue weighted by molar-refractivity contribution is 0.398. The van der Waals surface area contributed by atoms with Crippen LogP contribution in [0, 0.1) is 0 Å². The van der Waals surface area contributed by atoms with Crippen LogP contribution in [0.3, 0.4) is 0 Å². The molecule has 0 bridgehead atoms.